The van der Waals surface area contributed by atoms with Gasteiger partial charge in [0, 0.05) is 24.9 Å². The number of aldehydes is 1. The lowest BCUT2D eigenvalue weighted by atomic mass is 9.52. The zero-order valence-electron chi connectivity index (χ0n) is 24.0. The molecule has 2 aliphatic carbocycles. The summed E-state index contributed by atoms with van der Waals surface area (Å²) in [6.45, 7) is 13.3. The first-order chi connectivity index (χ1) is 17.9. The molecule has 2 aliphatic rings. The molecular formula is C32H48O6. The fraction of sp³-hybridized carbons (Fsp3) is 0.625. The van der Waals surface area contributed by atoms with Crippen LogP contribution in [0.15, 0.2) is 58.7 Å². The van der Waals surface area contributed by atoms with E-state index in [1.807, 2.05) is 18.2 Å². The maximum Gasteiger partial charge on any atom is 0.302 e. The normalized spacial score (nSPS) is 30.9. The number of carbonyl (C=O) groups is 2. The standard InChI is InChI=1S/C32H48O6/c1-22(2)10-7-11-23(3)12-8-13-26(21-38-25(5)35)28-16-18-32(30(28)36)29(14-9-19-33)27(24(4)20-34)15-17-31(32,6)37/h8,10,12-13,20,28-30,33,36-37H,3,7,9,11,14-19,21H2,1-2,4-6H3/b12-8+,26-13-,27-24-/t28-,29+,30+,31-,32-/m0/s1. The van der Waals surface area contributed by atoms with E-state index >= 15 is 0 Å². The predicted molar refractivity (Wildman–Crippen MR) is 151 cm³/mol. The van der Waals surface area contributed by atoms with Crippen molar-refractivity contribution in [3.8, 4) is 0 Å². The molecule has 1 spiro atoms. The van der Waals surface area contributed by atoms with Crippen LogP contribution >= 0.6 is 0 Å². The van der Waals surface area contributed by atoms with Crippen molar-refractivity contribution in [3.63, 3.8) is 0 Å². The quantitative estimate of drug-likeness (QED) is 0.101. The SMILES string of the molecule is C=C(/C=C/C=C(/COC(C)=O)[C@@H]1CC[C@]2([C@H](CCCO)/C(=C(/C)C=O)CC[C@]2(C)O)[C@@H]1O)CCC=C(C)C. The van der Waals surface area contributed by atoms with Crippen LogP contribution < -0.4 is 0 Å². The lowest BCUT2D eigenvalue weighted by Gasteiger charge is -2.55. The van der Waals surface area contributed by atoms with E-state index in [4.69, 9.17) is 4.74 Å². The van der Waals surface area contributed by atoms with E-state index in [1.165, 1.54) is 12.5 Å². The Morgan fingerprint density at radius 2 is 1.92 bits per heavy atom. The summed E-state index contributed by atoms with van der Waals surface area (Å²) in [6, 6.07) is 0. The van der Waals surface area contributed by atoms with E-state index in [0.29, 0.717) is 44.1 Å². The molecule has 212 valence electrons. The third-order valence-corrected chi connectivity index (χ3v) is 8.62. The van der Waals surface area contributed by atoms with E-state index in [-0.39, 0.29) is 25.0 Å². The van der Waals surface area contributed by atoms with Crippen LogP contribution in [0.3, 0.4) is 0 Å². The number of esters is 1. The zero-order chi connectivity index (χ0) is 28.5. The summed E-state index contributed by atoms with van der Waals surface area (Å²) in [6.07, 6.45) is 12.9. The average Bonchev–Trinajstić information content (AvgIpc) is 3.19. The fourth-order valence-corrected chi connectivity index (χ4v) is 6.56. The summed E-state index contributed by atoms with van der Waals surface area (Å²) >= 11 is 0. The number of hydrogen-bond donors (Lipinski definition) is 3. The van der Waals surface area contributed by atoms with Crippen molar-refractivity contribution >= 4 is 12.3 Å². The second-order valence-electron chi connectivity index (χ2n) is 11.5. The number of aliphatic hydroxyl groups excluding tert-OH is 2. The van der Waals surface area contributed by atoms with Crippen LogP contribution in [-0.4, -0.2) is 52.5 Å². The highest BCUT2D eigenvalue weighted by atomic mass is 16.5. The third-order valence-electron chi connectivity index (χ3n) is 8.62. The minimum atomic E-state index is -1.16. The number of rotatable bonds is 12. The van der Waals surface area contributed by atoms with Gasteiger partial charge < -0.3 is 20.1 Å². The van der Waals surface area contributed by atoms with Gasteiger partial charge in [0.25, 0.3) is 0 Å². The Bertz CT molecular complexity index is 978. The van der Waals surface area contributed by atoms with E-state index in [9.17, 15) is 24.9 Å². The molecule has 6 nitrogen and oxygen atoms in total. The molecule has 0 saturated heterocycles. The summed E-state index contributed by atoms with van der Waals surface area (Å²) in [5.41, 5.74) is 2.62. The number of hydrogen-bond acceptors (Lipinski definition) is 6. The molecule has 0 aromatic rings. The van der Waals surface area contributed by atoms with Crippen LogP contribution in [0.1, 0.15) is 86.0 Å². The number of aliphatic hydroxyl groups is 3. The first-order valence-electron chi connectivity index (χ1n) is 13.9. The van der Waals surface area contributed by atoms with Gasteiger partial charge in [0.15, 0.2) is 0 Å². The van der Waals surface area contributed by atoms with Crippen molar-refractivity contribution < 1.29 is 29.6 Å². The van der Waals surface area contributed by atoms with Gasteiger partial charge in [-0.25, -0.2) is 0 Å². The van der Waals surface area contributed by atoms with Crippen molar-refractivity contribution in [1.29, 1.82) is 0 Å². The molecular weight excluding hydrogens is 480 g/mol. The Morgan fingerprint density at radius 3 is 2.53 bits per heavy atom. The van der Waals surface area contributed by atoms with Crippen molar-refractivity contribution in [1.82, 2.24) is 0 Å². The molecule has 0 heterocycles. The molecule has 2 fully saturated rings. The molecule has 5 atom stereocenters. The van der Waals surface area contributed by atoms with Crippen molar-refractivity contribution in [3.05, 3.63) is 58.7 Å². The summed E-state index contributed by atoms with van der Waals surface area (Å²) in [5.74, 6) is -0.952. The van der Waals surface area contributed by atoms with Gasteiger partial charge in [0.05, 0.1) is 11.7 Å². The molecule has 0 amide bonds. The Hall–Kier alpha value is -2.28. The lowest BCUT2D eigenvalue weighted by molar-refractivity contribution is -0.168. The van der Waals surface area contributed by atoms with Gasteiger partial charge in [-0.2, -0.15) is 0 Å². The largest absolute Gasteiger partial charge is 0.461 e. The van der Waals surface area contributed by atoms with Gasteiger partial charge in [0.2, 0.25) is 0 Å². The van der Waals surface area contributed by atoms with Gasteiger partial charge in [-0.3, -0.25) is 9.59 Å². The summed E-state index contributed by atoms with van der Waals surface area (Å²) < 4.78 is 5.38. The Labute approximate surface area is 228 Å². The van der Waals surface area contributed by atoms with Crippen molar-refractivity contribution in [2.75, 3.05) is 13.2 Å². The first-order valence-corrected chi connectivity index (χ1v) is 13.9. The van der Waals surface area contributed by atoms with Crippen molar-refractivity contribution in [2.45, 2.75) is 97.7 Å². The molecule has 2 rings (SSSR count). The average molecular weight is 529 g/mol. The Morgan fingerprint density at radius 1 is 1.21 bits per heavy atom. The van der Waals surface area contributed by atoms with Gasteiger partial charge in [-0.15, -0.1) is 0 Å². The number of allylic oxidation sites excluding steroid dienone is 8. The van der Waals surface area contributed by atoms with E-state index < -0.39 is 23.1 Å². The highest BCUT2D eigenvalue weighted by Gasteiger charge is 2.64. The minimum Gasteiger partial charge on any atom is -0.461 e. The molecule has 0 unspecified atom stereocenters. The zero-order valence-corrected chi connectivity index (χ0v) is 24.0. The molecule has 0 aromatic carbocycles. The van der Waals surface area contributed by atoms with Crippen molar-refractivity contribution in [2.24, 2.45) is 17.3 Å². The first kappa shape index (κ1) is 31.9. The van der Waals surface area contributed by atoms with E-state index in [1.54, 1.807) is 13.8 Å². The third kappa shape index (κ3) is 7.43. The maximum absolute atomic E-state index is 12.0. The second kappa shape index (κ2) is 14.2. The van der Waals surface area contributed by atoms with Crippen LogP contribution in [0, 0.1) is 17.3 Å². The van der Waals surface area contributed by atoms with Gasteiger partial charge in [0.1, 0.15) is 12.9 Å². The summed E-state index contributed by atoms with van der Waals surface area (Å²) in [7, 11) is 0. The second-order valence-corrected chi connectivity index (χ2v) is 11.5. The molecule has 38 heavy (non-hydrogen) atoms. The fourth-order valence-electron chi connectivity index (χ4n) is 6.56. The van der Waals surface area contributed by atoms with E-state index in [0.717, 1.165) is 35.8 Å². The van der Waals surface area contributed by atoms with Gasteiger partial charge >= 0.3 is 5.97 Å². The molecule has 2 saturated carbocycles. The summed E-state index contributed by atoms with van der Waals surface area (Å²) in [5, 5.41) is 33.4. The smallest absolute Gasteiger partial charge is 0.302 e. The lowest BCUT2D eigenvalue weighted by Crippen LogP contribution is -2.59. The van der Waals surface area contributed by atoms with E-state index in [2.05, 4.69) is 26.5 Å². The highest BCUT2D eigenvalue weighted by Crippen LogP contribution is 2.62. The molecule has 0 aromatic heterocycles. The molecule has 3 N–H and O–H groups in total. The van der Waals surface area contributed by atoms with Gasteiger partial charge in [-0.05, 0) is 96.1 Å². The van der Waals surface area contributed by atoms with Crippen LogP contribution in [-0.2, 0) is 14.3 Å². The Kier molecular flexibility index (Phi) is 11.9. The van der Waals surface area contributed by atoms with Crippen LogP contribution in [0.2, 0.25) is 0 Å². The number of carbonyl (C=O) groups excluding carboxylic acids is 2. The van der Waals surface area contributed by atoms with Crippen LogP contribution in [0.5, 0.6) is 0 Å². The monoisotopic (exact) mass is 528 g/mol. The van der Waals surface area contributed by atoms with Crippen LogP contribution in [0.25, 0.3) is 0 Å². The molecule has 0 aliphatic heterocycles. The molecule has 0 radical (unpaired) electrons. The number of ether oxygens (including phenoxy) is 1. The maximum atomic E-state index is 12.0. The Balaban J connectivity index is 2.44. The van der Waals surface area contributed by atoms with Gasteiger partial charge in [-0.1, -0.05) is 47.6 Å². The van der Waals surface area contributed by atoms with Crippen LogP contribution in [0.4, 0.5) is 0 Å². The predicted octanol–water partition coefficient (Wildman–Crippen LogP) is 5.54. The minimum absolute atomic E-state index is 0.00155. The topological polar surface area (TPSA) is 104 Å². The molecule has 6 heteroatoms. The summed E-state index contributed by atoms with van der Waals surface area (Å²) in [4.78, 5) is 23.4. The highest BCUT2D eigenvalue weighted by molar-refractivity contribution is 5.74. The molecule has 0 bridgehead atoms.